The molecule has 0 amide bonds. The van der Waals surface area contributed by atoms with E-state index in [9.17, 15) is 0 Å². The highest BCUT2D eigenvalue weighted by Gasteiger charge is 2.07. The fraction of sp³-hybridized carbons (Fsp3) is 0.294. The van der Waals surface area contributed by atoms with Crippen LogP contribution in [0, 0.1) is 0 Å². The number of hydrogen-bond acceptors (Lipinski definition) is 3. The maximum absolute atomic E-state index is 5.13. The summed E-state index contributed by atoms with van der Waals surface area (Å²) in [6, 6.07) is 14.3. The maximum atomic E-state index is 5.13. The molecule has 0 saturated heterocycles. The van der Waals surface area contributed by atoms with E-state index in [1.165, 1.54) is 5.56 Å². The number of hydrogen-bond donors (Lipinski definition) is 2. The van der Waals surface area contributed by atoms with Gasteiger partial charge in [0.15, 0.2) is 5.96 Å². The molecule has 0 radical (unpaired) electrons. The Morgan fingerprint density at radius 3 is 2.73 bits per heavy atom. The summed E-state index contributed by atoms with van der Waals surface area (Å²) >= 11 is 0. The molecular formula is C17H22N4O. The quantitative estimate of drug-likeness (QED) is 0.658. The van der Waals surface area contributed by atoms with Gasteiger partial charge in [-0.1, -0.05) is 30.3 Å². The van der Waals surface area contributed by atoms with Crippen molar-refractivity contribution in [3.05, 3.63) is 59.8 Å². The summed E-state index contributed by atoms with van der Waals surface area (Å²) in [5.74, 6) is 1.37. The van der Waals surface area contributed by atoms with Crippen molar-refractivity contribution < 1.29 is 4.74 Å². The second-order valence-electron chi connectivity index (χ2n) is 4.91. The number of methoxy groups -OCH3 is 1. The first kappa shape index (κ1) is 15.8. The van der Waals surface area contributed by atoms with Gasteiger partial charge >= 0.3 is 0 Å². The molecule has 1 unspecified atom stereocenters. The number of nitrogens with one attached hydrogen (secondary N) is 2. The molecule has 0 saturated carbocycles. The predicted octanol–water partition coefficient (Wildman–Crippen LogP) is 2.52. The predicted molar refractivity (Wildman–Crippen MR) is 89.0 cm³/mol. The zero-order chi connectivity index (χ0) is 15.8. The molecule has 1 aromatic carbocycles. The number of aliphatic imine (C=N–C) groups is 1. The normalized spacial score (nSPS) is 12.6. The fourth-order valence-corrected chi connectivity index (χ4v) is 2.08. The van der Waals surface area contributed by atoms with Crippen LogP contribution in [0.15, 0.2) is 53.7 Å². The van der Waals surface area contributed by atoms with Gasteiger partial charge in [0.1, 0.15) is 0 Å². The van der Waals surface area contributed by atoms with Gasteiger partial charge in [-0.2, -0.15) is 0 Å². The van der Waals surface area contributed by atoms with Crippen LogP contribution in [0.1, 0.15) is 24.1 Å². The number of guanidine groups is 1. The van der Waals surface area contributed by atoms with Crippen molar-refractivity contribution in [1.82, 2.24) is 15.6 Å². The standard InChI is InChI=1S/C17H22N4O/c1-13(15-7-5-4-6-8-15)21-17(18-2)20-12-14-9-10-19-16(11-14)22-3/h4-11,13H,12H2,1-3H3,(H2,18,20,21). The summed E-state index contributed by atoms with van der Waals surface area (Å²) in [6.45, 7) is 2.76. The Morgan fingerprint density at radius 2 is 2.05 bits per heavy atom. The van der Waals surface area contributed by atoms with Gasteiger partial charge in [0.25, 0.3) is 0 Å². The molecule has 0 aliphatic rings. The summed E-state index contributed by atoms with van der Waals surface area (Å²) in [6.07, 6.45) is 1.73. The Morgan fingerprint density at radius 1 is 1.27 bits per heavy atom. The van der Waals surface area contributed by atoms with Crippen LogP contribution in [0.3, 0.4) is 0 Å². The van der Waals surface area contributed by atoms with Crippen LogP contribution in [0.2, 0.25) is 0 Å². The molecular weight excluding hydrogens is 276 g/mol. The molecule has 116 valence electrons. The van der Waals surface area contributed by atoms with Gasteiger partial charge in [-0.25, -0.2) is 4.98 Å². The lowest BCUT2D eigenvalue weighted by atomic mass is 10.1. The second kappa shape index (κ2) is 8.02. The fourth-order valence-electron chi connectivity index (χ4n) is 2.08. The van der Waals surface area contributed by atoms with E-state index in [4.69, 9.17) is 4.74 Å². The lowest BCUT2D eigenvalue weighted by molar-refractivity contribution is 0.397. The van der Waals surface area contributed by atoms with Crippen LogP contribution >= 0.6 is 0 Å². The van der Waals surface area contributed by atoms with Gasteiger partial charge in [0.05, 0.1) is 13.2 Å². The first-order chi connectivity index (χ1) is 10.7. The van der Waals surface area contributed by atoms with Crippen molar-refractivity contribution in [2.75, 3.05) is 14.2 Å². The third-order valence-corrected chi connectivity index (χ3v) is 3.34. The highest BCUT2D eigenvalue weighted by molar-refractivity contribution is 5.80. The van der Waals surface area contributed by atoms with Crippen molar-refractivity contribution in [1.29, 1.82) is 0 Å². The Balaban J connectivity index is 1.92. The van der Waals surface area contributed by atoms with E-state index in [0.717, 1.165) is 11.5 Å². The molecule has 1 heterocycles. The summed E-state index contributed by atoms with van der Waals surface area (Å²) in [7, 11) is 3.38. The Hall–Kier alpha value is -2.56. The Kier molecular flexibility index (Phi) is 5.77. The molecule has 5 nitrogen and oxygen atoms in total. The molecule has 1 atom stereocenters. The van der Waals surface area contributed by atoms with Gasteiger partial charge < -0.3 is 15.4 Å². The molecule has 2 rings (SSSR count). The Bertz CT molecular complexity index is 613. The van der Waals surface area contributed by atoms with Crippen molar-refractivity contribution in [3.63, 3.8) is 0 Å². The van der Waals surface area contributed by atoms with Gasteiger partial charge in [-0.05, 0) is 24.1 Å². The number of nitrogens with zero attached hydrogens (tertiary/aromatic N) is 2. The first-order valence-electron chi connectivity index (χ1n) is 7.24. The van der Waals surface area contributed by atoms with Crippen molar-refractivity contribution in [2.45, 2.75) is 19.5 Å². The highest BCUT2D eigenvalue weighted by atomic mass is 16.5. The zero-order valence-corrected chi connectivity index (χ0v) is 13.2. The zero-order valence-electron chi connectivity index (χ0n) is 13.2. The molecule has 22 heavy (non-hydrogen) atoms. The largest absolute Gasteiger partial charge is 0.481 e. The van der Waals surface area contributed by atoms with Gasteiger partial charge in [-0.3, -0.25) is 4.99 Å². The third-order valence-electron chi connectivity index (χ3n) is 3.34. The van der Waals surface area contributed by atoms with E-state index < -0.39 is 0 Å². The summed E-state index contributed by atoms with van der Waals surface area (Å²) < 4.78 is 5.13. The van der Waals surface area contributed by atoms with E-state index in [1.807, 2.05) is 30.3 Å². The molecule has 1 aromatic heterocycles. The minimum atomic E-state index is 0.180. The molecule has 0 aliphatic carbocycles. The highest BCUT2D eigenvalue weighted by Crippen LogP contribution is 2.11. The van der Waals surface area contributed by atoms with Gasteiger partial charge in [-0.15, -0.1) is 0 Å². The molecule has 2 aromatic rings. The number of ether oxygens (including phenoxy) is 1. The van der Waals surface area contributed by atoms with Crippen LogP contribution in [0.5, 0.6) is 5.88 Å². The van der Waals surface area contributed by atoms with Crippen molar-refractivity contribution >= 4 is 5.96 Å². The number of benzene rings is 1. The van der Waals surface area contributed by atoms with Gasteiger partial charge in [0, 0.05) is 25.9 Å². The summed E-state index contributed by atoms with van der Waals surface area (Å²) in [4.78, 5) is 8.36. The number of pyridine rings is 1. The van der Waals surface area contributed by atoms with Gasteiger partial charge in [0.2, 0.25) is 5.88 Å². The molecule has 0 fully saturated rings. The van der Waals surface area contributed by atoms with Crippen molar-refractivity contribution in [2.24, 2.45) is 4.99 Å². The third kappa shape index (κ3) is 4.48. The minimum Gasteiger partial charge on any atom is -0.481 e. The molecule has 5 heteroatoms. The SMILES string of the molecule is CN=C(NCc1ccnc(OC)c1)NC(C)c1ccccc1. The maximum Gasteiger partial charge on any atom is 0.213 e. The average molecular weight is 298 g/mol. The monoisotopic (exact) mass is 298 g/mol. The lowest BCUT2D eigenvalue weighted by Gasteiger charge is -2.18. The van der Waals surface area contributed by atoms with E-state index in [-0.39, 0.29) is 6.04 Å². The molecule has 2 N–H and O–H groups in total. The van der Waals surface area contributed by atoms with Crippen LogP contribution in [-0.4, -0.2) is 25.1 Å². The number of aromatic nitrogens is 1. The van der Waals surface area contributed by atoms with E-state index >= 15 is 0 Å². The van der Waals surface area contributed by atoms with E-state index in [1.54, 1.807) is 20.4 Å². The summed E-state index contributed by atoms with van der Waals surface area (Å²) in [5.41, 5.74) is 2.30. The van der Waals surface area contributed by atoms with E-state index in [2.05, 4.69) is 39.7 Å². The van der Waals surface area contributed by atoms with Crippen molar-refractivity contribution in [3.8, 4) is 5.88 Å². The molecule has 0 spiro atoms. The lowest BCUT2D eigenvalue weighted by Crippen LogP contribution is -2.38. The smallest absolute Gasteiger partial charge is 0.213 e. The van der Waals surface area contributed by atoms with Crippen LogP contribution in [0.4, 0.5) is 0 Å². The van der Waals surface area contributed by atoms with Crippen LogP contribution in [0.25, 0.3) is 0 Å². The number of rotatable bonds is 5. The first-order valence-corrected chi connectivity index (χ1v) is 7.24. The molecule has 0 aliphatic heterocycles. The molecule has 0 bridgehead atoms. The average Bonchev–Trinajstić information content (AvgIpc) is 2.59. The minimum absolute atomic E-state index is 0.180. The Labute approximate surface area is 131 Å². The topological polar surface area (TPSA) is 58.5 Å². The second-order valence-corrected chi connectivity index (χ2v) is 4.91. The van der Waals surface area contributed by atoms with Crippen LogP contribution in [-0.2, 0) is 6.54 Å². The van der Waals surface area contributed by atoms with Crippen LogP contribution < -0.4 is 15.4 Å². The summed E-state index contributed by atoms with van der Waals surface area (Å²) in [5, 5.41) is 6.67. The van der Waals surface area contributed by atoms with E-state index in [0.29, 0.717) is 12.4 Å².